The van der Waals surface area contributed by atoms with Crippen LogP contribution in [0.2, 0.25) is 0 Å². The summed E-state index contributed by atoms with van der Waals surface area (Å²) in [6.07, 6.45) is 0.856. The molecule has 2 rings (SSSR count). The zero-order valence-corrected chi connectivity index (χ0v) is 12.9. The minimum atomic E-state index is 0.286. The molecule has 21 heavy (non-hydrogen) atoms. The third-order valence-corrected chi connectivity index (χ3v) is 3.87. The van der Waals surface area contributed by atoms with Gasteiger partial charge >= 0.3 is 0 Å². The second-order valence-electron chi connectivity index (χ2n) is 5.17. The summed E-state index contributed by atoms with van der Waals surface area (Å²) in [6, 6.07) is 14.3. The molecule has 0 aliphatic rings. The highest BCUT2D eigenvalue weighted by Gasteiger charge is 2.15. The number of hydrogen-bond acceptors (Lipinski definition) is 3. The molecular formula is C18H23NO2. The Labute approximate surface area is 126 Å². The number of aryl methyl sites for hydroxylation is 1. The predicted molar refractivity (Wildman–Crippen MR) is 86.2 cm³/mol. The molecule has 0 aliphatic heterocycles. The van der Waals surface area contributed by atoms with Crippen molar-refractivity contribution < 1.29 is 9.47 Å². The molecule has 0 fully saturated rings. The van der Waals surface area contributed by atoms with Crippen molar-refractivity contribution in [2.75, 3.05) is 20.8 Å². The lowest BCUT2D eigenvalue weighted by molar-refractivity contribution is 0.390. The van der Waals surface area contributed by atoms with E-state index in [2.05, 4.69) is 37.3 Å². The van der Waals surface area contributed by atoms with Gasteiger partial charge < -0.3 is 15.2 Å². The van der Waals surface area contributed by atoms with E-state index in [1.54, 1.807) is 14.2 Å². The van der Waals surface area contributed by atoms with Gasteiger partial charge in [0.1, 0.15) is 11.5 Å². The Kier molecular flexibility index (Phi) is 5.23. The van der Waals surface area contributed by atoms with E-state index in [4.69, 9.17) is 15.2 Å². The van der Waals surface area contributed by atoms with Gasteiger partial charge in [-0.1, -0.05) is 30.3 Å². The minimum Gasteiger partial charge on any atom is -0.497 e. The molecule has 112 valence electrons. The highest BCUT2D eigenvalue weighted by atomic mass is 16.5. The summed E-state index contributed by atoms with van der Waals surface area (Å²) in [5, 5.41) is 0. The molecule has 0 heterocycles. The number of methoxy groups -OCH3 is 2. The van der Waals surface area contributed by atoms with Crippen LogP contribution in [0.15, 0.2) is 42.5 Å². The molecule has 1 unspecified atom stereocenters. The van der Waals surface area contributed by atoms with E-state index in [1.165, 1.54) is 11.1 Å². The van der Waals surface area contributed by atoms with E-state index >= 15 is 0 Å². The third-order valence-electron chi connectivity index (χ3n) is 3.87. The van der Waals surface area contributed by atoms with Crippen molar-refractivity contribution in [1.29, 1.82) is 0 Å². The van der Waals surface area contributed by atoms with Crippen LogP contribution in [0.1, 0.15) is 22.6 Å². The maximum absolute atomic E-state index is 6.00. The average molecular weight is 285 g/mol. The van der Waals surface area contributed by atoms with Gasteiger partial charge in [0.05, 0.1) is 14.2 Å². The van der Waals surface area contributed by atoms with Crippen molar-refractivity contribution in [3.63, 3.8) is 0 Å². The van der Waals surface area contributed by atoms with E-state index in [1.807, 2.05) is 12.1 Å². The van der Waals surface area contributed by atoms with Crippen LogP contribution in [-0.4, -0.2) is 20.8 Å². The zero-order valence-electron chi connectivity index (χ0n) is 12.9. The highest BCUT2D eigenvalue weighted by Crippen LogP contribution is 2.30. The van der Waals surface area contributed by atoms with Crippen LogP contribution in [0.25, 0.3) is 0 Å². The first-order valence-corrected chi connectivity index (χ1v) is 7.16. The molecule has 0 aromatic heterocycles. The summed E-state index contributed by atoms with van der Waals surface area (Å²) in [6.45, 7) is 2.74. The van der Waals surface area contributed by atoms with Crippen molar-refractivity contribution in [3.05, 3.63) is 59.2 Å². The molecule has 3 nitrogen and oxygen atoms in total. The van der Waals surface area contributed by atoms with Gasteiger partial charge in [0.25, 0.3) is 0 Å². The smallest absolute Gasteiger partial charge is 0.125 e. The van der Waals surface area contributed by atoms with Crippen LogP contribution in [-0.2, 0) is 6.42 Å². The van der Waals surface area contributed by atoms with Gasteiger partial charge in [0, 0.05) is 12.0 Å². The Balaban J connectivity index is 2.29. The first-order chi connectivity index (χ1) is 10.2. The fourth-order valence-corrected chi connectivity index (χ4v) is 2.65. The predicted octanol–water partition coefficient (Wildman–Crippen LogP) is 3.30. The summed E-state index contributed by atoms with van der Waals surface area (Å²) in [5.41, 5.74) is 9.74. The summed E-state index contributed by atoms with van der Waals surface area (Å²) < 4.78 is 10.7. The fourth-order valence-electron chi connectivity index (χ4n) is 2.65. The molecule has 3 heteroatoms. The molecule has 0 saturated heterocycles. The number of ether oxygens (including phenoxy) is 2. The number of benzene rings is 2. The van der Waals surface area contributed by atoms with E-state index in [0.717, 1.165) is 23.5 Å². The molecule has 0 amide bonds. The van der Waals surface area contributed by atoms with Gasteiger partial charge in [-0.2, -0.15) is 0 Å². The monoisotopic (exact) mass is 285 g/mol. The van der Waals surface area contributed by atoms with E-state index < -0.39 is 0 Å². The third kappa shape index (κ3) is 3.56. The average Bonchev–Trinajstić information content (AvgIpc) is 2.53. The standard InChI is InChI=1S/C18H23NO2/c1-13-6-4-5-7-17(13)15(12-19)10-14-8-9-16(20-2)11-18(14)21-3/h4-9,11,15H,10,12,19H2,1-3H3. The number of nitrogens with two attached hydrogens (primary N) is 1. The summed E-state index contributed by atoms with van der Waals surface area (Å²) in [5.74, 6) is 1.94. The van der Waals surface area contributed by atoms with Crippen LogP contribution in [0.5, 0.6) is 11.5 Å². The number of hydrogen-bond donors (Lipinski definition) is 1. The Morgan fingerprint density at radius 2 is 1.81 bits per heavy atom. The van der Waals surface area contributed by atoms with Crippen molar-refractivity contribution in [3.8, 4) is 11.5 Å². The fraction of sp³-hybridized carbons (Fsp3) is 0.333. The van der Waals surface area contributed by atoms with Gasteiger partial charge in [0.15, 0.2) is 0 Å². The maximum Gasteiger partial charge on any atom is 0.125 e. The van der Waals surface area contributed by atoms with Crippen LogP contribution < -0.4 is 15.2 Å². The van der Waals surface area contributed by atoms with Crippen LogP contribution in [0.4, 0.5) is 0 Å². The topological polar surface area (TPSA) is 44.5 Å². The largest absolute Gasteiger partial charge is 0.497 e. The first kappa shape index (κ1) is 15.4. The second kappa shape index (κ2) is 7.14. The zero-order chi connectivity index (χ0) is 15.2. The van der Waals surface area contributed by atoms with Crippen molar-refractivity contribution >= 4 is 0 Å². The molecule has 2 N–H and O–H groups in total. The molecular weight excluding hydrogens is 262 g/mol. The van der Waals surface area contributed by atoms with Crippen LogP contribution >= 0.6 is 0 Å². The van der Waals surface area contributed by atoms with Crippen molar-refractivity contribution in [1.82, 2.24) is 0 Å². The second-order valence-corrected chi connectivity index (χ2v) is 5.17. The molecule has 0 bridgehead atoms. The van der Waals surface area contributed by atoms with Gasteiger partial charge in [0.2, 0.25) is 0 Å². The molecule has 2 aromatic carbocycles. The number of rotatable bonds is 6. The Morgan fingerprint density at radius 3 is 2.43 bits per heavy atom. The van der Waals surface area contributed by atoms with Crippen molar-refractivity contribution in [2.45, 2.75) is 19.3 Å². The van der Waals surface area contributed by atoms with Gasteiger partial charge in [-0.25, -0.2) is 0 Å². The minimum absolute atomic E-state index is 0.286. The van der Waals surface area contributed by atoms with Gasteiger partial charge in [-0.05, 0) is 42.6 Å². The Bertz CT molecular complexity index is 596. The quantitative estimate of drug-likeness (QED) is 0.885. The lowest BCUT2D eigenvalue weighted by Gasteiger charge is -2.19. The lowest BCUT2D eigenvalue weighted by Crippen LogP contribution is -2.16. The SMILES string of the molecule is COc1ccc(CC(CN)c2ccccc2C)c(OC)c1. The van der Waals surface area contributed by atoms with Crippen molar-refractivity contribution in [2.24, 2.45) is 5.73 Å². The lowest BCUT2D eigenvalue weighted by atomic mass is 9.89. The van der Waals surface area contributed by atoms with E-state index in [9.17, 15) is 0 Å². The highest BCUT2D eigenvalue weighted by molar-refractivity contribution is 5.42. The molecule has 0 saturated carbocycles. The normalized spacial score (nSPS) is 12.0. The Morgan fingerprint density at radius 1 is 1.05 bits per heavy atom. The maximum atomic E-state index is 6.00. The first-order valence-electron chi connectivity index (χ1n) is 7.16. The summed E-state index contributed by atoms with van der Waals surface area (Å²) in [4.78, 5) is 0. The molecule has 0 spiro atoms. The Hall–Kier alpha value is -2.00. The van der Waals surface area contributed by atoms with Crippen LogP contribution in [0.3, 0.4) is 0 Å². The molecule has 0 aliphatic carbocycles. The van der Waals surface area contributed by atoms with E-state index in [-0.39, 0.29) is 5.92 Å². The van der Waals surface area contributed by atoms with Gasteiger partial charge in [-0.3, -0.25) is 0 Å². The molecule has 2 aromatic rings. The summed E-state index contributed by atoms with van der Waals surface area (Å²) in [7, 11) is 3.34. The van der Waals surface area contributed by atoms with E-state index in [0.29, 0.717) is 6.54 Å². The summed E-state index contributed by atoms with van der Waals surface area (Å²) >= 11 is 0. The van der Waals surface area contributed by atoms with Gasteiger partial charge in [-0.15, -0.1) is 0 Å². The molecule has 0 radical (unpaired) electrons. The van der Waals surface area contributed by atoms with Crippen LogP contribution in [0, 0.1) is 6.92 Å². The molecule has 1 atom stereocenters.